The summed E-state index contributed by atoms with van der Waals surface area (Å²) in [7, 11) is -3.83. The first-order chi connectivity index (χ1) is 11.9. The van der Waals surface area contributed by atoms with Gasteiger partial charge >= 0.3 is 5.97 Å². The lowest BCUT2D eigenvalue weighted by Gasteiger charge is -2.35. The van der Waals surface area contributed by atoms with Gasteiger partial charge in [0, 0.05) is 18.2 Å². The Balaban J connectivity index is 1.88. The predicted octanol–water partition coefficient (Wildman–Crippen LogP) is 2.02. The zero-order valence-electron chi connectivity index (χ0n) is 13.7. The number of carboxylic acid groups (broad SMARTS) is 1. The molecule has 2 heterocycles. The van der Waals surface area contributed by atoms with E-state index >= 15 is 0 Å². The third kappa shape index (κ3) is 3.54. The number of aliphatic carboxylic acids is 1. The van der Waals surface area contributed by atoms with E-state index in [2.05, 4.69) is 9.97 Å². The van der Waals surface area contributed by atoms with Crippen molar-refractivity contribution in [3.05, 3.63) is 42.7 Å². The maximum Gasteiger partial charge on any atom is 0.307 e. The fourth-order valence-electron chi connectivity index (χ4n) is 2.93. The Morgan fingerprint density at radius 3 is 2.40 bits per heavy atom. The van der Waals surface area contributed by atoms with Gasteiger partial charge in [-0.1, -0.05) is 30.3 Å². The first-order valence-corrected chi connectivity index (χ1v) is 9.45. The number of carbonyl (C=O) groups is 1. The average Bonchev–Trinajstić information content (AvgIpc) is 2.62. The zero-order valence-corrected chi connectivity index (χ0v) is 14.6. The van der Waals surface area contributed by atoms with Crippen molar-refractivity contribution in [1.82, 2.24) is 14.3 Å². The van der Waals surface area contributed by atoms with Gasteiger partial charge in [-0.15, -0.1) is 0 Å². The Kier molecular flexibility index (Phi) is 4.82. The second-order valence-corrected chi connectivity index (χ2v) is 8.04. The molecular formula is C17H19N3O4S. The maximum atomic E-state index is 12.9. The number of rotatable bonds is 4. The van der Waals surface area contributed by atoms with Crippen molar-refractivity contribution in [2.24, 2.45) is 5.92 Å². The minimum absolute atomic E-state index is 0.0231. The van der Waals surface area contributed by atoms with Crippen LogP contribution in [-0.4, -0.2) is 46.4 Å². The van der Waals surface area contributed by atoms with E-state index in [0.29, 0.717) is 18.7 Å². The Morgan fingerprint density at radius 2 is 1.80 bits per heavy atom. The van der Waals surface area contributed by atoms with Crippen molar-refractivity contribution < 1.29 is 18.3 Å². The largest absolute Gasteiger partial charge is 0.481 e. The van der Waals surface area contributed by atoms with Gasteiger partial charge in [0.05, 0.1) is 18.3 Å². The van der Waals surface area contributed by atoms with Crippen LogP contribution in [0.2, 0.25) is 0 Å². The molecule has 1 aromatic carbocycles. The molecule has 1 saturated heterocycles. The van der Waals surface area contributed by atoms with Gasteiger partial charge in [-0.05, 0) is 19.8 Å². The lowest BCUT2D eigenvalue weighted by Crippen LogP contribution is -2.47. The highest BCUT2D eigenvalue weighted by atomic mass is 32.2. The van der Waals surface area contributed by atoms with E-state index in [1.54, 1.807) is 6.92 Å². The molecule has 0 bridgehead atoms. The molecule has 1 fully saturated rings. The van der Waals surface area contributed by atoms with Crippen molar-refractivity contribution in [1.29, 1.82) is 0 Å². The predicted molar refractivity (Wildman–Crippen MR) is 91.2 cm³/mol. The number of hydrogen-bond donors (Lipinski definition) is 1. The lowest BCUT2D eigenvalue weighted by atomic mass is 9.96. The first kappa shape index (κ1) is 17.5. The molecule has 1 aliphatic heterocycles. The summed E-state index contributed by atoms with van der Waals surface area (Å²) >= 11 is 0. The van der Waals surface area contributed by atoms with E-state index < -0.39 is 21.9 Å². The van der Waals surface area contributed by atoms with Crippen LogP contribution in [0.5, 0.6) is 0 Å². The zero-order chi connectivity index (χ0) is 18.0. The molecule has 132 valence electrons. The minimum Gasteiger partial charge on any atom is -0.481 e. The van der Waals surface area contributed by atoms with Crippen molar-refractivity contribution in [2.75, 3.05) is 6.54 Å². The van der Waals surface area contributed by atoms with Gasteiger partial charge in [-0.2, -0.15) is 4.31 Å². The summed E-state index contributed by atoms with van der Waals surface area (Å²) in [5.41, 5.74) is 0.795. The van der Waals surface area contributed by atoms with E-state index in [9.17, 15) is 18.3 Å². The van der Waals surface area contributed by atoms with Crippen LogP contribution in [0, 0.1) is 5.92 Å². The van der Waals surface area contributed by atoms with E-state index in [0.717, 1.165) is 5.56 Å². The number of piperidine rings is 1. The van der Waals surface area contributed by atoms with Gasteiger partial charge in [0.1, 0.15) is 4.90 Å². The Hall–Kier alpha value is -2.32. The number of sulfonamides is 1. The number of aromatic nitrogens is 2. The minimum atomic E-state index is -3.83. The van der Waals surface area contributed by atoms with Crippen LogP contribution in [0.15, 0.2) is 47.6 Å². The highest BCUT2D eigenvalue weighted by Gasteiger charge is 2.37. The molecule has 2 unspecified atom stereocenters. The fourth-order valence-corrected chi connectivity index (χ4v) is 4.53. The molecular weight excluding hydrogens is 342 g/mol. The summed E-state index contributed by atoms with van der Waals surface area (Å²) in [5, 5.41) is 9.19. The highest BCUT2D eigenvalue weighted by molar-refractivity contribution is 7.89. The molecule has 0 saturated carbocycles. The maximum absolute atomic E-state index is 12.9. The van der Waals surface area contributed by atoms with Crippen LogP contribution in [0.25, 0.3) is 11.4 Å². The molecule has 1 aliphatic rings. The van der Waals surface area contributed by atoms with Crippen LogP contribution >= 0.6 is 0 Å². The van der Waals surface area contributed by atoms with E-state index in [1.807, 2.05) is 30.3 Å². The second-order valence-electron chi connectivity index (χ2n) is 6.14. The molecule has 2 atom stereocenters. The average molecular weight is 361 g/mol. The SMILES string of the molecule is CC1CCC(C(=O)O)CN1S(=O)(=O)c1cnc(-c2ccccc2)nc1. The molecule has 25 heavy (non-hydrogen) atoms. The summed E-state index contributed by atoms with van der Waals surface area (Å²) in [6.45, 7) is 1.76. The fraction of sp³-hybridized carbons (Fsp3) is 0.353. The molecule has 0 spiro atoms. The first-order valence-electron chi connectivity index (χ1n) is 8.01. The van der Waals surface area contributed by atoms with Crippen molar-refractivity contribution >= 4 is 16.0 Å². The van der Waals surface area contributed by atoms with Crippen molar-refractivity contribution in [2.45, 2.75) is 30.7 Å². The standard InChI is InChI=1S/C17H19N3O4S/c1-12-7-8-14(17(21)22)11-20(12)25(23,24)15-9-18-16(19-10-15)13-5-3-2-4-6-13/h2-6,9-10,12,14H,7-8,11H2,1H3,(H,21,22). The smallest absolute Gasteiger partial charge is 0.307 e. The summed E-state index contributed by atoms with van der Waals surface area (Å²) in [5.74, 6) is -1.21. The molecule has 0 amide bonds. The molecule has 2 aromatic rings. The normalized spacial score (nSPS) is 21.8. The van der Waals surface area contributed by atoms with Gasteiger partial charge in [0.2, 0.25) is 10.0 Å². The Morgan fingerprint density at radius 1 is 1.16 bits per heavy atom. The molecule has 0 aliphatic carbocycles. The van der Waals surface area contributed by atoms with Crippen LogP contribution in [0.1, 0.15) is 19.8 Å². The van der Waals surface area contributed by atoms with Crippen LogP contribution in [-0.2, 0) is 14.8 Å². The van der Waals surface area contributed by atoms with Crippen LogP contribution in [0.3, 0.4) is 0 Å². The summed E-state index contributed by atoms with van der Waals surface area (Å²) in [4.78, 5) is 19.5. The molecule has 1 aromatic heterocycles. The van der Waals surface area contributed by atoms with Crippen LogP contribution < -0.4 is 0 Å². The van der Waals surface area contributed by atoms with Gasteiger partial charge in [-0.3, -0.25) is 4.79 Å². The topological polar surface area (TPSA) is 100 Å². The molecule has 7 nitrogen and oxygen atoms in total. The molecule has 3 rings (SSSR count). The van der Waals surface area contributed by atoms with Gasteiger partial charge in [0.15, 0.2) is 5.82 Å². The molecule has 1 N–H and O–H groups in total. The highest BCUT2D eigenvalue weighted by Crippen LogP contribution is 2.28. The summed E-state index contributed by atoms with van der Waals surface area (Å²) in [6.07, 6.45) is 3.55. The number of hydrogen-bond acceptors (Lipinski definition) is 5. The van der Waals surface area contributed by atoms with Gasteiger partial charge in [-0.25, -0.2) is 18.4 Å². The van der Waals surface area contributed by atoms with Crippen LogP contribution in [0.4, 0.5) is 0 Å². The Bertz CT molecular complexity index is 853. The van der Waals surface area contributed by atoms with Gasteiger partial charge in [0.25, 0.3) is 0 Å². The Labute approximate surface area is 146 Å². The number of carboxylic acids is 1. The third-order valence-electron chi connectivity index (χ3n) is 4.44. The lowest BCUT2D eigenvalue weighted by molar-refractivity contribution is -0.143. The van der Waals surface area contributed by atoms with E-state index in [-0.39, 0.29) is 17.5 Å². The van der Waals surface area contributed by atoms with Crippen molar-refractivity contribution in [3.8, 4) is 11.4 Å². The second kappa shape index (κ2) is 6.89. The number of benzene rings is 1. The quantitative estimate of drug-likeness (QED) is 0.894. The van der Waals surface area contributed by atoms with E-state index in [4.69, 9.17) is 0 Å². The molecule has 8 heteroatoms. The molecule has 0 radical (unpaired) electrons. The van der Waals surface area contributed by atoms with Gasteiger partial charge < -0.3 is 5.11 Å². The van der Waals surface area contributed by atoms with E-state index in [1.165, 1.54) is 16.7 Å². The summed E-state index contributed by atoms with van der Waals surface area (Å²) < 4.78 is 27.0. The summed E-state index contributed by atoms with van der Waals surface area (Å²) in [6, 6.07) is 9.00. The number of nitrogens with zero attached hydrogens (tertiary/aromatic N) is 3. The monoisotopic (exact) mass is 361 g/mol. The third-order valence-corrected chi connectivity index (χ3v) is 6.37. The van der Waals surface area contributed by atoms with Crippen molar-refractivity contribution in [3.63, 3.8) is 0 Å².